The van der Waals surface area contributed by atoms with E-state index in [9.17, 15) is 4.79 Å². The average Bonchev–Trinajstić information content (AvgIpc) is 2.73. The minimum atomic E-state index is -0.0386. The molecular weight excluding hydrogens is 352 g/mol. The van der Waals surface area contributed by atoms with Crippen LogP contribution in [0.4, 0.5) is 0 Å². The minimum absolute atomic E-state index is 0.0386. The molecule has 0 aliphatic carbocycles. The third-order valence-corrected chi connectivity index (χ3v) is 4.19. The van der Waals surface area contributed by atoms with Gasteiger partial charge in [-0.15, -0.1) is 0 Å². The van der Waals surface area contributed by atoms with Gasteiger partial charge in [0.2, 0.25) is 0 Å². The van der Waals surface area contributed by atoms with Gasteiger partial charge >= 0.3 is 0 Å². The zero-order valence-electron chi connectivity index (χ0n) is 16.9. The normalized spacial score (nSPS) is 11.0. The number of para-hydroxylation sites is 1. The molecule has 0 aliphatic heterocycles. The summed E-state index contributed by atoms with van der Waals surface area (Å²) in [5.74, 6) is 1.60. The summed E-state index contributed by atoms with van der Waals surface area (Å²) in [5, 5.41) is 6.23. The van der Waals surface area contributed by atoms with Crippen LogP contribution in [0, 0.1) is 0 Å². The highest BCUT2D eigenvalue weighted by molar-refractivity contribution is 5.94. The topological polar surface area (TPSA) is 66.0 Å². The Bertz CT molecular complexity index is 762. The number of aliphatic imine (C=N–C) groups is 1. The van der Waals surface area contributed by atoms with Crippen molar-refractivity contribution in [3.63, 3.8) is 0 Å². The van der Waals surface area contributed by atoms with Gasteiger partial charge in [0, 0.05) is 32.7 Å². The Hall–Kier alpha value is -3.02. The van der Waals surface area contributed by atoms with Gasteiger partial charge in [-0.3, -0.25) is 9.79 Å². The van der Waals surface area contributed by atoms with Crippen molar-refractivity contribution < 1.29 is 9.53 Å². The van der Waals surface area contributed by atoms with Crippen molar-refractivity contribution in [2.75, 3.05) is 33.8 Å². The van der Waals surface area contributed by atoms with Gasteiger partial charge in [0.25, 0.3) is 5.91 Å². The van der Waals surface area contributed by atoms with Crippen LogP contribution in [-0.2, 0) is 6.54 Å². The quantitative estimate of drug-likeness (QED) is 0.517. The Balaban J connectivity index is 1.83. The standard InChI is InChI=1S/C22H30N4O2/c1-4-13-24-21(27)19-10-8-9-18(16-19)17-25-22(23-2)26(3)14-15-28-20-11-6-5-7-12-20/h5-12,16H,4,13-15,17H2,1-3H3,(H,23,25)(H,24,27). The van der Waals surface area contributed by atoms with Crippen LogP contribution in [-0.4, -0.2) is 50.6 Å². The van der Waals surface area contributed by atoms with Crippen LogP contribution in [0.1, 0.15) is 29.3 Å². The van der Waals surface area contributed by atoms with Gasteiger partial charge in [-0.1, -0.05) is 37.3 Å². The smallest absolute Gasteiger partial charge is 0.251 e. The highest BCUT2D eigenvalue weighted by Crippen LogP contribution is 2.08. The number of guanidine groups is 1. The molecule has 0 atom stereocenters. The first kappa shape index (κ1) is 21.3. The summed E-state index contributed by atoms with van der Waals surface area (Å²) in [6, 6.07) is 17.4. The molecule has 0 saturated carbocycles. The number of benzene rings is 2. The Morgan fingerprint density at radius 3 is 2.61 bits per heavy atom. The number of carbonyl (C=O) groups excluding carboxylic acids is 1. The average molecular weight is 383 g/mol. The predicted octanol–water partition coefficient (Wildman–Crippen LogP) is 2.91. The minimum Gasteiger partial charge on any atom is -0.492 e. The van der Waals surface area contributed by atoms with Crippen molar-refractivity contribution in [1.29, 1.82) is 0 Å². The highest BCUT2D eigenvalue weighted by Gasteiger charge is 2.08. The molecule has 0 unspecified atom stereocenters. The Kier molecular flexibility index (Phi) is 8.85. The van der Waals surface area contributed by atoms with Crippen LogP contribution in [0.2, 0.25) is 0 Å². The number of likely N-dealkylation sites (N-methyl/N-ethyl adjacent to an activating group) is 1. The largest absolute Gasteiger partial charge is 0.492 e. The number of amides is 1. The molecule has 28 heavy (non-hydrogen) atoms. The van der Waals surface area contributed by atoms with Gasteiger partial charge in [0.1, 0.15) is 12.4 Å². The Morgan fingerprint density at radius 2 is 1.89 bits per heavy atom. The van der Waals surface area contributed by atoms with Crippen molar-refractivity contribution in [3.05, 3.63) is 65.7 Å². The summed E-state index contributed by atoms with van der Waals surface area (Å²) in [6.45, 7) is 4.57. The van der Waals surface area contributed by atoms with Crippen molar-refractivity contribution in [3.8, 4) is 5.75 Å². The first-order valence-corrected chi connectivity index (χ1v) is 9.60. The van der Waals surface area contributed by atoms with Gasteiger partial charge in [0.05, 0.1) is 6.54 Å². The maximum atomic E-state index is 12.1. The van der Waals surface area contributed by atoms with E-state index in [0.29, 0.717) is 31.8 Å². The molecule has 2 N–H and O–H groups in total. The Labute approximate surface area is 167 Å². The fourth-order valence-corrected chi connectivity index (χ4v) is 2.65. The molecule has 2 aromatic rings. The van der Waals surface area contributed by atoms with Crippen molar-refractivity contribution in [2.24, 2.45) is 4.99 Å². The molecule has 0 radical (unpaired) electrons. The van der Waals surface area contributed by atoms with E-state index in [1.54, 1.807) is 7.05 Å². The molecule has 1 amide bonds. The molecule has 0 heterocycles. The molecular formula is C22H30N4O2. The fourth-order valence-electron chi connectivity index (χ4n) is 2.65. The zero-order valence-corrected chi connectivity index (χ0v) is 16.9. The second kappa shape index (κ2) is 11.6. The van der Waals surface area contributed by atoms with E-state index in [-0.39, 0.29) is 5.91 Å². The van der Waals surface area contributed by atoms with E-state index < -0.39 is 0 Å². The lowest BCUT2D eigenvalue weighted by molar-refractivity contribution is 0.0953. The van der Waals surface area contributed by atoms with E-state index in [1.165, 1.54) is 0 Å². The number of nitrogens with zero attached hydrogens (tertiary/aromatic N) is 2. The summed E-state index contributed by atoms with van der Waals surface area (Å²) in [5.41, 5.74) is 1.70. The van der Waals surface area contributed by atoms with Gasteiger partial charge in [-0.2, -0.15) is 0 Å². The SMILES string of the molecule is CCCNC(=O)c1cccc(CNC(=NC)N(C)CCOc2ccccc2)c1. The summed E-state index contributed by atoms with van der Waals surface area (Å²) in [4.78, 5) is 18.5. The lowest BCUT2D eigenvalue weighted by Crippen LogP contribution is -2.40. The lowest BCUT2D eigenvalue weighted by atomic mass is 10.1. The molecule has 0 spiro atoms. The molecule has 0 fully saturated rings. The van der Waals surface area contributed by atoms with Crippen LogP contribution in [0.15, 0.2) is 59.6 Å². The first-order chi connectivity index (χ1) is 13.6. The molecule has 0 saturated heterocycles. The van der Waals surface area contributed by atoms with Crippen LogP contribution < -0.4 is 15.4 Å². The predicted molar refractivity (Wildman–Crippen MR) is 114 cm³/mol. The van der Waals surface area contributed by atoms with Crippen molar-refractivity contribution >= 4 is 11.9 Å². The van der Waals surface area contributed by atoms with Gasteiger partial charge in [-0.25, -0.2) is 0 Å². The van der Waals surface area contributed by atoms with Crippen LogP contribution in [0.5, 0.6) is 5.75 Å². The zero-order chi connectivity index (χ0) is 20.2. The number of ether oxygens (including phenoxy) is 1. The Morgan fingerprint density at radius 1 is 1.11 bits per heavy atom. The van der Waals surface area contributed by atoms with Gasteiger partial charge < -0.3 is 20.3 Å². The maximum Gasteiger partial charge on any atom is 0.251 e. The highest BCUT2D eigenvalue weighted by atomic mass is 16.5. The van der Waals surface area contributed by atoms with Crippen LogP contribution in [0.3, 0.4) is 0 Å². The maximum absolute atomic E-state index is 12.1. The van der Waals surface area contributed by atoms with E-state index in [2.05, 4.69) is 15.6 Å². The molecule has 0 aliphatic rings. The molecule has 0 aromatic heterocycles. The van der Waals surface area contributed by atoms with Gasteiger partial charge in [-0.05, 0) is 36.2 Å². The number of carbonyl (C=O) groups is 1. The summed E-state index contributed by atoms with van der Waals surface area (Å²) in [6.07, 6.45) is 0.920. The van der Waals surface area contributed by atoms with Gasteiger partial charge in [0.15, 0.2) is 5.96 Å². The molecule has 6 nitrogen and oxygen atoms in total. The van der Waals surface area contributed by atoms with Crippen LogP contribution in [0.25, 0.3) is 0 Å². The molecule has 6 heteroatoms. The molecule has 2 aromatic carbocycles. The summed E-state index contributed by atoms with van der Waals surface area (Å²) >= 11 is 0. The van der Waals surface area contributed by atoms with Crippen molar-refractivity contribution in [1.82, 2.24) is 15.5 Å². The first-order valence-electron chi connectivity index (χ1n) is 9.60. The van der Waals surface area contributed by atoms with E-state index in [1.807, 2.05) is 73.5 Å². The monoisotopic (exact) mass is 382 g/mol. The summed E-state index contributed by atoms with van der Waals surface area (Å²) < 4.78 is 5.74. The molecule has 150 valence electrons. The number of rotatable bonds is 9. The third kappa shape index (κ3) is 6.95. The third-order valence-electron chi connectivity index (χ3n) is 4.19. The number of hydrogen-bond donors (Lipinski definition) is 2. The fraction of sp³-hybridized carbons (Fsp3) is 0.364. The second-order valence-corrected chi connectivity index (χ2v) is 6.44. The summed E-state index contributed by atoms with van der Waals surface area (Å²) in [7, 11) is 3.73. The van der Waals surface area contributed by atoms with E-state index in [0.717, 1.165) is 23.7 Å². The lowest BCUT2D eigenvalue weighted by Gasteiger charge is -2.22. The molecule has 0 bridgehead atoms. The number of hydrogen-bond acceptors (Lipinski definition) is 3. The van der Waals surface area contributed by atoms with Crippen molar-refractivity contribution in [2.45, 2.75) is 19.9 Å². The van der Waals surface area contributed by atoms with Crippen LogP contribution >= 0.6 is 0 Å². The van der Waals surface area contributed by atoms with E-state index >= 15 is 0 Å². The van der Waals surface area contributed by atoms with E-state index in [4.69, 9.17) is 4.74 Å². The second-order valence-electron chi connectivity index (χ2n) is 6.44. The number of nitrogens with one attached hydrogen (secondary N) is 2. The molecule has 2 rings (SSSR count).